The summed E-state index contributed by atoms with van der Waals surface area (Å²) in [5, 5.41) is 0.403. The standard InChI is InChI=1S/C13H14O3P/c1-11-7-9-12(10-8-11)16-17(14,15)13-5-3-2-4-6-13/h2-10,14-15H,1H3/q+1. The van der Waals surface area contributed by atoms with E-state index in [1.165, 1.54) is 0 Å². The lowest BCUT2D eigenvalue weighted by Crippen LogP contribution is -2.14. The summed E-state index contributed by atoms with van der Waals surface area (Å²) in [6.07, 6.45) is 0. The summed E-state index contributed by atoms with van der Waals surface area (Å²) in [5.74, 6) is 0.456. The zero-order valence-electron chi connectivity index (χ0n) is 9.45. The predicted octanol–water partition coefficient (Wildman–Crippen LogP) is 2.45. The first-order valence-corrected chi connectivity index (χ1v) is 6.85. The van der Waals surface area contributed by atoms with Crippen molar-refractivity contribution in [3.05, 3.63) is 60.2 Å². The average Bonchev–Trinajstić information content (AvgIpc) is 2.33. The highest BCUT2D eigenvalue weighted by Crippen LogP contribution is 2.49. The Bertz CT molecular complexity index is 480. The molecule has 0 unspecified atom stereocenters. The summed E-state index contributed by atoms with van der Waals surface area (Å²) >= 11 is 0. The molecule has 0 bridgehead atoms. The molecule has 0 saturated heterocycles. The molecule has 2 rings (SSSR count). The molecule has 2 aromatic rings. The van der Waals surface area contributed by atoms with Crippen molar-refractivity contribution < 1.29 is 14.3 Å². The molecule has 0 atom stereocenters. The van der Waals surface area contributed by atoms with Crippen molar-refractivity contribution >= 4 is 13.2 Å². The highest BCUT2D eigenvalue weighted by molar-refractivity contribution is 7.68. The molecule has 17 heavy (non-hydrogen) atoms. The van der Waals surface area contributed by atoms with Crippen LogP contribution in [0, 0.1) is 6.92 Å². The Kier molecular flexibility index (Phi) is 3.43. The van der Waals surface area contributed by atoms with Crippen LogP contribution in [0.4, 0.5) is 0 Å². The van der Waals surface area contributed by atoms with Crippen molar-refractivity contribution in [1.82, 2.24) is 0 Å². The van der Waals surface area contributed by atoms with Crippen LogP contribution in [0.1, 0.15) is 5.56 Å². The Morgan fingerprint density at radius 3 is 2.06 bits per heavy atom. The molecule has 0 aromatic heterocycles. The van der Waals surface area contributed by atoms with Crippen molar-refractivity contribution in [1.29, 1.82) is 0 Å². The number of hydrogen-bond donors (Lipinski definition) is 2. The quantitative estimate of drug-likeness (QED) is 0.821. The first-order valence-electron chi connectivity index (χ1n) is 5.24. The normalized spacial score (nSPS) is 11.2. The van der Waals surface area contributed by atoms with E-state index < -0.39 is 7.94 Å². The molecule has 0 spiro atoms. The van der Waals surface area contributed by atoms with Crippen LogP contribution in [0.3, 0.4) is 0 Å². The monoisotopic (exact) mass is 249 g/mol. The summed E-state index contributed by atoms with van der Waals surface area (Å²) in [5.41, 5.74) is 1.09. The molecule has 3 nitrogen and oxygen atoms in total. The molecule has 2 N–H and O–H groups in total. The average molecular weight is 249 g/mol. The molecule has 0 saturated carbocycles. The van der Waals surface area contributed by atoms with Gasteiger partial charge in [0.2, 0.25) is 0 Å². The Labute approximate surface area is 101 Å². The van der Waals surface area contributed by atoms with Crippen LogP contribution in [0.25, 0.3) is 0 Å². The van der Waals surface area contributed by atoms with Crippen LogP contribution < -0.4 is 9.83 Å². The maximum atomic E-state index is 9.95. The van der Waals surface area contributed by atoms with Crippen molar-refractivity contribution in [2.75, 3.05) is 0 Å². The fourth-order valence-corrected chi connectivity index (χ4v) is 2.50. The van der Waals surface area contributed by atoms with Gasteiger partial charge in [0.05, 0.1) is 0 Å². The Balaban J connectivity index is 2.20. The van der Waals surface area contributed by atoms with E-state index in [4.69, 9.17) is 4.52 Å². The van der Waals surface area contributed by atoms with Gasteiger partial charge in [-0.15, -0.1) is 0 Å². The highest BCUT2D eigenvalue weighted by atomic mass is 31.2. The second-order valence-corrected chi connectivity index (χ2v) is 5.57. The lowest BCUT2D eigenvalue weighted by molar-refractivity contribution is 0.354. The van der Waals surface area contributed by atoms with E-state index in [0.29, 0.717) is 11.1 Å². The van der Waals surface area contributed by atoms with Gasteiger partial charge in [-0.3, -0.25) is 4.52 Å². The molecular weight excluding hydrogens is 235 g/mol. The second kappa shape index (κ2) is 4.84. The van der Waals surface area contributed by atoms with Crippen LogP contribution in [0.2, 0.25) is 0 Å². The molecule has 88 valence electrons. The SMILES string of the molecule is Cc1ccc(O[P+](O)(O)c2ccccc2)cc1. The van der Waals surface area contributed by atoms with Gasteiger partial charge in [-0.1, -0.05) is 35.9 Å². The van der Waals surface area contributed by atoms with Gasteiger partial charge in [-0.25, -0.2) is 0 Å². The van der Waals surface area contributed by atoms with Gasteiger partial charge in [0.25, 0.3) is 0 Å². The minimum Gasteiger partial charge on any atom is -0.281 e. The van der Waals surface area contributed by atoms with E-state index in [0.717, 1.165) is 5.56 Å². The third-order valence-corrected chi connectivity index (χ3v) is 3.78. The summed E-state index contributed by atoms with van der Waals surface area (Å²) < 4.78 is 5.27. The molecule has 0 aliphatic heterocycles. The summed E-state index contributed by atoms with van der Waals surface area (Å²) in [7, 11) is -3.53. The van der Waals surface area contributed by atoms with E-state index in [1.54, 1.807) is 36.4 Å². The van der Waals surface area contributed by atoms with Crippen LogP contribution in [-0.4, -0.2) is 9.79 Å². The topological polar surface area (TPSA) is 49.7 Å². The van der Waals surface area contributed by atoms with Crippen LogP contribution >= 0.6 is 7.94 Å². The van der Waals surface area contributed by atoms with E-state index in [9.17, 15) is 9.79 Å². The molecule has 0 aliphatic carbocycles. The van der Waals surface area contributed by atoms with Crippen LogP contribution in [0.5, 0.6) is 5.75 Å². The number of rotatable bonds is 3. The van der Waals surface area contributed by atoms with Gasteiger partial charge in [-0.2, -0.15) is 9.79 Å². The molecule has 2 aromatic carbocycles. The van der Waals surface area contributed by atoms with Gasteiger partial charge >= 0.3 is 7.94 Å². The van der Waals surface area contributed by atoms with Crippen molar-refractivity contribution in [2.45, 2.75) is 6.92 Å². The lowest BCUT2D eigenvalue weighted by atomic mass is 10.2. The zero-order valence-corrected chi connectivity index (χ0v) is 10.3. The smallest absolute Gasteiger partial charge is 0.281 e. The summed E-state index contributed by atoms with van der Waals surface area (Å²) in [6, 6.07) is 15.8. The number of benzene rings is 2. The molecule has 0 radical (unpaired) electrons. The van der Waals surface area contributed by atoms with E-state index in [1.807, 2.05) is 25.1 Å². The van der Waals surface area contributed by atoms with Gasteiger partial charge < -0.3 is 0 Å². The van der Waals surface area contributed by atoms with Gasteiger partial charge in [0, 0.05) is 0 Å². The fraction of sp³-hybridized carbons (Fsp3) is 0.0769. The minimum atomic E-state index is -3.53. The molecule has 4 heteroatoms. The van der Waals surface area contributed by atoms with E-state index in [-0.39, 0.29) is 0 Å². The summed E-state index contributed by atoms with van der Waals surface area (Å²) in [4.78, 5) is 19.9. The lowest BCUT2D eigenvalue weighted by Gasteiger charge is -2.11. The maximum absolute atomic E-state index is 9.95. The number of aryl methyl sites for hydroxylation is 1. The third kappa shape index (κ3) is 3.04. The zero-order chi connectivity index (χ0) is 12.3. The van der Waals surface area contributed by atoms with E-state index >= 15 is 0 Å². The van der Waals surface area contributed by atoms with Crippen molar-refractivity contribution in [2.24, 2.45) is 0 Å². The highest BCUT2D eigenvalue weighted by Gasteiger charge is 2.40. The van der Waals surface area contributed by atoms with Crippen LogP contribution in [0.15, 0.2) is 54.6 Å². The molecular formula is C13H14O3P+. The Hall–Kier alpha value is -1.41. The predicted molar refractivity (Wildman–Crippen MR) is 69.2 cm³/mol. The largest absolute Gasteiger partial charge is 0.487 e. The Morgan fingerprint density at radius 2 is 1.47 bits per heavy atom. The minimum absolute atomic E-state index is 0.403. The van der Waals surface area contributed by atoms with Crippen LogP contribution in [-0.2, 0) is 0 Å². The summed E-state index contributed by atoms with van der Waals surface area (Å²) in [6.45, 7) is 1.96. The van der Waals surface area contributed by atoms with E-state index in [2.05, 4.69) is 0 Å². The third-order valence-electron chi connectivity index (χ3n) is 2.35. The van der Waals surface area contributed by atoms with Crippen molar-refractivity contribution in [3.63, 3.8) is 0 Å². The van der Waals surface area contributed by atoms with Gasteiger partial charge in [-0.05, 0) is 31.2 Å². The van der Waals surface area contributed by atoms with Gasteiger partial charge in [0.1, 0.15) is 0 Å². The van der Waals surface area contributed by atoms with Gasteiger partial charge in [0.15, 0.2) is 11.1 Å². The van der Waals surface area contributed by atoms with Crippen molar-refractivity contribution in [3.8, 4) is 5.75 Å². The Morgan fingerprint density at radius 1 is 0.882 bits per heavy atom. The first kappa shape index (κ1) is 12.1. The first-order chi connectivity index (χ1) is 8.08. The second-order valence-electron chi connectivity index (χ2n) is 3.78. The maximum Gasteiger partial charge on any atom is 0.487 e. The fourth-order valence-electron chi connectivity index (χ4n) is 1.42. The molecule has 0 aliphatic rings. The number of hydrogen-bond acceptors (Lipinski definition) is 3. The molecule has 0 fully saturated rings. The molecule has 0 amide bonds. The molecule has 0 heterocycles.